The molecule has 3 nitrogen and oxygen atoms in total. The fraction of sp³-hybridized carbons (Fsp3) is 0.909. The largest absolute Gasteiger partial charge is 0.366 e. The van der Waals surface area contributed by atoms with Crippen LogP contribution in [0.1, 0.15) is 40.5 Å². The van der Waals surface area contributed by atoms with Gasteiger partial charge in [-0.15, -0.1) is 0 Å². The molecule has 0 radical (unpaired) electrons. The van der Waals surface area contributed by atoms with Gasteiger partial charge in [-0.1, -0.05) is 22.9 Å². The summed E-state index contributed by atoms with van der Waals surface area (Å²) < 4.78 is 5.35. The molecule has 1 N–H and O–H groups in total. The second-order valence-electron chi connectivity index (χ2n) is 4.67. The average Bonchev–Trinajstić information content (AvgIpc) is 2.07. The monoisotopic (exact) mass is 279 g/mol. The fourth-order valence-electron chi connectivity index (χ4n) is 0.944. The van der Waals surface area contributed by atoms with Crippen molar-refractivity contribution in [1.29, 1.82) is 0 Å². The third kappa shape index (κ3) is 11.8. The maximum absolute atomic E-state index is 11.3. The van der Waals surface area contributed by atoms with E-state index in [-0.39, 0.29) is 18.1 Å². The van der Waals surface area contributed by atoms with Crippen LogP contribution in [-0.4, -0.2) is 29.5 Å². The van der Waals surface area contributed by atoms with Gasteiger partial charge in [-0.05, 0) is 33.6 Å². The Hall–Kier alpha value is -0.0900. The van der Waals surface area contributed by atoms with Crippen LogP contribution in [0.15, 0.2) is 0 Å². The number of nitrogens with one attached hydrogen (secondary N) is 1. The van der Waals surface area contributed by atoms with E-state index in [1.807, 2.05) is 20.8 Å². The molecular formula is C11H22BrNO2. The summed E-state index contributed by atoms with van der Waals surface area (Å²) in [6.45, 7) is 8.78. The van der Waals surface area contributed by atoms with Crippen LogP contribution in [0.25, 0.3) is 0 Å². The van der Waals surface area contributed by atoms with E-state index in [0.29, 0.717) is 4.83 Å². The Labute approximate surface area is 101 Å². The van der Waals surface area contributed by atoms with E-state index in [2.05, 4.69) is 28.2 Å². The molecule has 0 spiro atoms. The Morgan fingerprint density at radius 2 is 2.07 bits per heavy atom. The highest BCUT2D eigenvalue weighted by Gasteiger charge is 2.12. The number of carbonyl (C=O) groups excluding carboxylic acids is 1. The van der Waals surface area contributed by atoms with Gasteiger partial charge in [0.2, 0.25) is 5.91 Å². The molecule has 0 aromatic rings. The number of amides is 1. The van der Waals surface area contributed by atoms with Crippen molar-refractivity contribution in [3.8, 4) is 0 Å². The SMILES string of the molecule is CC(Br)CCCNC(=O)COC(C)(C)C. The number of ether oxygens (including phenoxy) is 1. The molecule has 0 heterocycles. The van der Waals surface area contributed by atoms with Gasteiger partial charge in [0.05, 0.1) is 5.60 Å². The molecule has 0 aliphatic rings. The zero-order chi connectivity index (χ0) is 11.9. The number of halogens is 1. The molecule has 0 saturated carbocycles. The highest BCUT2D eigenvalue weighted by molar-refractivity contribution is 9.09. The van der Waals surface area contributed by atoms with Crippen LogP contribution in [0.2, 0.25) is 0 Å². The summed E-state index contributed by atoms with van der Waals surface area (Å²) in [5, 5.41) is 2.83. The van der Waals surface area contributed by atoms with Crippen molar-refractivity contribution in [3.63, 3.8) is 0 Å². The first-order chi connectivity index (χ1) is 6.81. The Bertz CT molecular complexity index is 188. The van der Waals surface area contributed by atoms with Gasteiger partial charge in [0.15, 0.2) is 0 Å². The van der Waals surface area contributed by atoms with Crippen LogP contribution in [0.5, 0.6) is 0 Å². The van der Waals surface area contributed by atoms with Crippen molar-refractivity contribution in [2.24, 2.45) is 0 Å². The zero-order valence-corrected chi connectivity index (χ0v) is 11.7. The number of rotatable bonds is 6. The molecule has 0 fully saturated rings. The van der Waals surface area contributed by atoms with Crippen molar-refractivity contribution >= 4 is 21.8 Å². The van der Waals surface area contributed by atoms with Crippen molar-refractivity contribution in [1.82, 2.24) is 5.32 Å². The van der Waals surface area contributed by atoms with Gasteiger partial charge in [0.25, 0.3) is 0 Å². The van der Waals surface area contributed by atoms with Crippen molar-refractivity contribution < 1.29 is 9.53 Å². The Kier molecular flexibility index (Phi) is 7.18. The standard InChI is InChI=1S/C11H22BrNO2/c1-9(12)6-5-7-13-10(14)8-15-11(2,3)4/h9H,5-8H2,1-4H3,(H,13,14). The first-order valence-electron chi connectivity index (χ1n) is 5.36. The molecule has 0 aromatic carbocycles. The van der Waals surface area contributed by atoms with Crippen LogP contribution in [0.3, 0.4) is 0 Å². The molecule has 1 amide bonds. The van der Waals surface area contributed by atoms with Crippen molar-refractivity contribution in [3.05, 3.63) is 0 Å². The van der Waals surface area contributed by atoms with E-state index in [4.69, 9.17) is 4.74 Å². The minimum Gasteiger partial charge on any atom is -0.366 e. The van der Waals surface area contributed by atoms with Crippen LogP contribution in [-0.2, 0) is 9.53 Å². The highest BCUT2D eigenvalue weighted by atomic mass is 79.9. The predicted octanol–water partition coefficient (Wildman–Crippen LogP) is 2.48. The first kappa shape index (κ1) is 14.9. The smallest absolute Gasteiger partial charge is 0.246 e. The molecule has 0 rings (SSSR count). The minimum atomic E-state index is -0.248. The maximum atomic E-state index is 11.3. The van der Waals surface area contributed by atoms with E-state index in [0.717, 1.165) is 19.4 Å². The molecule has 0 saturated heterocycles. The Balaban J connectivity index is 3.42. The summed E-state index contributed by atoms with van der Waals surface area (Å²) in [5.74, 6) is -0.0350. The van der Waals surface area contributed by atoms with Gasteiger partial charge in [-0.2, -0.15) is 0 Å². The molecule has 15 heavy (non-hydrogen) atoms. The highest BCUT2D eigenvalue weighted by Crippen LogP contribution is 2.06. The van der Waals surface area contributed by atoms with Crippen molar-refractivity contribution in [2.45, 2.75) is 51.0 Å². The lowest BCUT2D eigenvalue weighted by atomic mass is 10.2. The second kappa shape index (κ2) is 7.23. The lowest BCUT2D eigenvalue weighted by molar-refractivity contribution is -0.130. The van der Waals surface area contributed by atoms with Gasteiger partial charge in [-0.25, -0.2) is 0 Å². The van der Waals surface area contributed by atoms with E-state index in [1.54, 1.807) is 0 Å². The molecule has 1 unspecified atom stereocenters. The van der Waals surface area contributed by atoms with Crippen molar-refractivity contribution in [2.75, 3.05) is 13.2 Å². The van der Waals surface area contributed by atoms with E-state index >= 15 is 0 Å². The molecule has 0 bridgehead atoms. The van der Waals surface area contributed by atoms with Gasteiger partial charge in [0, 0.05) is 11.4 Å². The molecule has 0 aliphatic carbocycles. The Morgan fingerprint density at radius 1 is 1.47 bits per heavy atom. The number of hydrogen-bond acceptors (Lipinski definition) is 2. The molecular weight excluding hydrogens is 258 g/mol. The third-order valence-electron chi connectivity index (χ3n) is 1.74. The summed E-state index contributed by atoms with van der Waals surface area (Å²) in [5.41, 5.74) is -0.248. The predicted molar refractivity (Wildman–Crippen MR) is 66.3 cm³/mol. The average molecular weight is 280 g/mol. The van der Waals surface area contributed by atoms with Crippen LogP contribution in [0, 0.1) is 0 Å². The van der Waals surface area contributed by atoms with Crippen LogP contribution < -0.4 is 5.32 Å². The first-order valence-corrected chi connectivity index (χ1v) is 6.27. The van der Waals surface area contributed by atoms with E-state index in [9.17, 15) is 4.79 Å². The summed E-state index contributed by atoms with van der Waals surface area (Å²) in [4.78, 5) is 11.8. The minimum absolute atomic E-state index is 0.0350. The zero-order valence-electron chi connectivity index (χ0n) is 10.1. The summed E-state index contributed by atoms with van der Waals surface area (Å²) in [6, 6.07) is 0. The Morgan fingerprint density at radius 3 is 2.53 bits per heavy atom. The van der Waals surface area contributed by atoms with E-state index in [1.165, 1.54) is 0 Å². The molecule has 1 atom stereocenters. The number of alkyl halides is 1. The summed E-state index contributed by atoms with van der Waals surface area (Å²) in [6.07, 6.45) is 2.06. The topological polar surface area (TPSA) is 38.3 Å². The normalized spacial score (nSPS) is 13.7. The maximum Gasteiger partial charge on any atom is 0.246 e. The van der Waals surface area contributed by atoms with Gasteiger partial charge in [-0.3, -0.25) is 4.79 Å². The molecule has 0 aliphatic heterocycles. The molecule has 90 valence electrons. The molecule has 4 heteroatoms. The lowest BCUT2D eigenvalue weighted by Gasteiger charge is -2.18. The quantitative estimate of drug-likeness (QED) is 0.599. The number of carbonyl (C=O) groups is 1. The summed E-state index contributed by atoms with van der Waals surface area (Å²) in [7, 11) is 0. The fourth-order valence-corrected chi connectivity index (χ4v) is 1.27. The summed E-state index contributed by atoms with van der Waals surface area (Å²) >= 11 is 3.46. The van der Waals surface area contributed by atoms with Gasteiger partial charge >= 0.3 is 0 Å². The third-order valence-corrected chi connectivity index (χ3v) is 2.19. The number of hydrogen-bond donors (Lipinski definition) is 1. The van der Waals surface area contributed by atoms with Gasteiger partial charge in [0.1, 0.15) is 6.61 Å². The van der Waals surface area contributed by atoms with Gasteiger partial charge < -0.3 is 10.1 Å². The van der Waals surface area contributed by atoms with E-state index < -0.39 is 0 Å². The second-order valence-corrected chi connectivity index (χ2v) is 6.24. The lowest BCUT2D eigenvalue weighted by Crippen LogP contribution is -2.32. The van der Waals surface area contributed by atoms with Crippen LogP contribution in [0.4, 0.5) is 0 Å². The molecule has 0 aromatic heterocycles. The van der Waals surface area contributed by atoms with Crippen LogP contribution >= 0.6 is 15.9 Å².